The number of rotatable bonds is 25. The van der Waals surface area contributed by atoms with Crippen molar-refractivity contribution in [2.45, 2.75) is 76.6 Å². The van der Waals surface area contributed by atoms with Crippen LogP contribution in [0.1, 0.15) is 52.2 Å². The van der Waals surface area contributed by atoms with Gasteiger partial charge < -0.3 is 56.0 Å². The molecule has 11 N–H and O–H groups in total. The number of nitrogens with zero attached hydrogens (tertiary/aromatic N) is 4. The normalized spacial score (nSPS) is 21.9. The van der Waals surface area contributed by atoms with Crippen LogP contribution < -0.4 is 16.4 Å². The van der Waals surface area contributed by atoms with Gasteiger partial charge in [0.15, 0.2) is 17.7 Å². The van der Waals surface area contributed by atoms with E-state index in [0.29, 0.717) is 12.3 Å². The van der Waals surface area contributed by atoms with Gasteiger partial charge in [-0.1, -0.05) is 26.7 Å². The maximum atomic E-state index is 12.7. The van der Waals surface area contributed by atoms with E-state index < -0.39 is 78.6 Å². The predicted molar refractivity (Wildman–Crippen MR) is 193 cm³/mol. The molecule has 2 amide bonds. The number of phosphoric acid groups is 3. The summed E-state index contributed by atoms with van der Waals surface area (Å²) in [6.07, 6.45) is -2.96. The fraction of sp³-hybridized carbons (Fsp3) is 0.741. The van der Waals surface area contributed by atoms with Gasteiger partial charge in [0, 0.05) is 37.3 Å². The minimum Gasteiger partial charge on any atom is -0.396 e. The van der Waals surface area contributed by atoms with E-state index in [1.165, 1.54) is 13.8 Å². The molecule has 0 saturated carbocycles. The molecule has 1 aliphatic rings. The minimum atomic E-state index is -5.55. The number of aliphatic hydroxyl groups is 3. The second-order valence-electron chi connectivity index (χ2n) is 12.8. The number of phosphoric ester groups is 3. The van der Waals surface area contributed by atoms with Gasteiger partial charge in [-0.15, -0.1) is 0 Å². The molecule has 3 heterocycles. The van der Waals surface area contributed by atoms with Gasteiger partial charge in [0.1, 0.15) is 36.3 Å². The van der Waals surface area contributed by atoms with Crippen molar-refractivity contribution in [3.05, 3.63) is 12.7 Å². The number of hydrogen-bond donors (Lipinski definition) is 10. The Bertz CT molecular complexity index is 1720. The van der Waals surface area contributed by atoms with Crippen LogP contribution in [0.15, 0.2) is 12.7 Å². The molecule has 0 radical (unpaired) electrons. The van der Waals surface area contributed by atoms with Crippen LogP contribution in [0.3, 0.4) is 0 Å². The Kier molecular flexibility index (Phi) is 18.1. The Morgan fingerprint density at radius 3 is 2.40 bits per heavy atom. The summed E-state index contributed by atoms with van der Waals surface area (Å²) in [4.78, 5) is 75.5. The Morgan fingerprint density at radius 1 is 1.02 bits per heavy atom. The van der Waals surface area contributed by atoms with Crippen molar-refractivity contribution in [1.82, 2.24) is 30.2 Å². The van der Waals surface area contributed by atoms with Crippen LogP contribution >= 0.6 is 35.2 Å². The van der Waals surface area contributed by atoms with Crippen molar-refractivity contribution in [2.24, 2.45) is 5.41 Å². The summed E-state index contributed by atoms with van der Waals surface area (Å²) in [6.45, 7) is 1.04. The molecule has 0 bridgehead atoms. The van der Waals surface area contributed by atoms with Gasteiger partial charge in [-0.05, 0) is 18.6 Å². The summed E-state index contributed by atoms with van der Waals surface area (Å²) in [6, 6.07) is 0. The lowest BCUT2D eigenvalue weighted by Gasteiger charge is -2.30. The predicted octanol–water partition coefficient (Wildman–Crippen LogP) is -0.309. The summed E-state index contributed by atoms with van der Waals surface area (Å²) in [5.41, 5.74) is 4.30. The van der Waals surface area contributed by atoms with E-state index in [2.05, 4.69) is 34.4 Å². The van der Waals surface area contributed by atoms with Crippen LogP contribution in [0, 0.1) is 5.41 Å². The average molecular weight is 868 g/mol. The monoisotopic (exact) mass is 867 g/mol. The Hall–Kier alpha value is -2.15. The lowest BCUT2D eigenvalue weighted by Crippen LogP contribution is -2.46. The Morgan fingerprint density at radius 2 is 1.71 bits per heavy atom. The van der Waals surface area contributed by atoms with Gasteiger partial charge in [0.2, 0.25) is 11.8 Å². The van der Waals surface area contributed by atoms with Crippen molar-refractivity contribution in [1.29, 1.82) is 0 Å². The molecule has 55 heavy (non-hydrogen) atoms. The molecule has 7 atom stereocenters. The number of carbonyl (C=O) groups is 2. The third kappa shape index (κ3) is 15.3. The molecule has 3 rings (SSSR count). The van der Waals surface area contributed by atoms with Gasteiger partial charge in [-0.2, -0.15) is 16.1 Å². The maximum Gasteiger partial charge on any atom is 0.481 e. The van der Waals surface area contributed by atoms with E-state index in [4.69, 9.17) is 24.6 Å². The van der Waals surface area contributed by atoms with Gasteiger partial charge in [0.25, 0.3) is 0 Å². The number of hydrogen-bond acceptors (Lipinski definition) is 18. The van der Waals surface area contributed by atoms with E-state index >= 15 is 0 Å². The summed E-state index contributed by atoms with van der Waals surface area (Å²) < 4.78 is 62.1. The molecule has 0 spiro atoms. The average Bonchev–Trinajstić information content (AvgIpc) is 3.65. The van der Waals surface area contributed by atoms with E-state index in [1.54, 1.807) is 11.8 Å². The number of carbonyl (C=O) groups excluding carboxylic acids is 2. The largest absolute Gasteiger partial charge is 0.481 e. The number of amides is 2. The molecule has 0 aromatic carbocycles. The van der Waals surface area contributed by atoms with Crippen LogP contribution in [0.5, 0.6) is 0 Å². The number of nitrogens with two attached hydrogens (primary N) is 1. The molecule has 2 aromatic rings. The number of thioether (sulfide) groups is 1. The number of ether oxygens (including phenoxy) is 1. The number of aliphatic hydroxyl groups excluding tert-OH is 3. The smallest absolute Gasteiger partial charge is 0.396 e. The van der Waals surface area contributed by atoms with Crippen LogP contribution in [0.2, 0.25) is 0 Å². The van der Waals surface area contributed by atoms with Gasteiger partial charge in [0.05, 0.1) is 19.5 Å². The standard InChI is InChI=1S/C27H48N7O17P3S/c1-27(2,22(38)25(39)30-8-7-18(36)29-9-12-55-11-6-4-3-5-10-35)14-48-54(45,46)51-53(43,44)47-13-17-21(50-52(40,41)42)20(37)26(49-17)34-16-33-19-23(28)31-15-32-24(19)34/h15-17,20-22,26,35,37-38H,3-14H2,1-2H3,(H,29,36)(H,30,39)(H,43,44)(H,45,46)(H2,28,31,32)(H2,40,41,42)/t17-,20-,21-,22+,26-/m1/s1. The summed E-state index contributed by atoms with van der Waals surface area (Å²) in [7, 11) is -16.3. The lowest BCUT2D eigenvalue weighted by molar-refractivity contribution is -0.137. The SMILES string of the molecule is CC(C)(COP(=O)(O)OP(=O)(O)OC[C@H]1O[C@@H](n2cnc3c(N)ncnc32)[C@H](O)[C@@H]1OP(=O)(O)O)[C@@H](O)C(=O)NCCC(=O)NCCSCCCCCCO. The van der Waals surface area contributed by atoms with Crippen LogP contribution in [0.25, 0.3) is 11.2 Å². The molecule has 28 heteroatoms. The number of imidazole rings is 1. The van der Waals surface area contributed by atoms with Gasteiger partial charge in [-0.3, -0.25) is 27.7 Å². The van der Waals surface area contributed by atoms with Crippen molar-refractivity contribution in [2.75, 3.05) is 50.1 Å². The van der Waals surface area contributed by atoms with E-state index in [9.17, 15) is 53.1 Å². The first kappa shape index (κ1) is 47.2. The number of fused-ring (bicyclic) bond motifs is 1. The van der Waals surface area contributed by atoms with Crippen molar-refractivity contribution in [3.63, 3.8) is 0 Å². The molecule has 314 valence electrons. The first-order valence-electron chi connectivity index (χ1n) is 16.7. The summed E-state index contributed by atoms with van der Waals surface area (Å²) in [5, 5.41) is 35.3. The molecule has 1 saturated heterocycles. The highest BCUT2D eigenvalue weighted by Crippen LogP contribution is 2.61. The number of nitrogen functional groups attached to an aromatic ring is 1. The van der Waals surface area contributed by atoms with Crippen LogP contribution in [0.4, 0.5) is 5.82 Å². The molecular weight excluding hydrogens is 819 g/mol. The highest BCUT2D eigenvalue weighted by atomic mass is 32.2. The van der Waals surface area contributed by atoms with Crippen molar-refractivity contribution >= 4 is 64.0 Å². The van der Waals surface area contributed by atoms with Crippen molar-refractivity contribution in [3.8, 4) is 0 Å². The molecule has 2 aromatic heterocycles. The second kappa shape index (κ2) is 21.0. The molecule has 2 unspecified atom stereocenters. The highest BCUT2D eigenvalue weighted by molar-refractivity contribution is 7.99. The van der Waals surface area contributed by atoms with Gasteiger partial charge in [-0.25, -0.2) is 28.6 Å². The number of nitrogens with one attached hydrogen (secondary N) is 2. The van der Waals surface area contributed by atoms with E-state index in [1.807, 2.05) is 0 Å². The highest BCUT2D eigenvalue weighted by Gasteiger charge is 2.50. The van der Waals surface area contributed by atoms with E-state index in [-0.39, 0.29) is 42.5 Å². The first-order valence-corrected chi connectivity index (χ1v) is 22.4. The topological polar surface area (TPSA) is 367 Å². The van der Waals surface area contributed by atoms with Gasteiger partial charge >= 0.3 is 23.5 Å². The van der Waals surface area contributed by atoms with Crippen LogP contribution in [-0.2, 0) is 45.9 Å². The number of unbranched alkanes of at least 4 members (excludes halogenated alkanes) is 3. The number of aromatic nitrogens is 4. The molecular formula is C27H48N7O17P3S. The second-order valence-corrected chi connectivity index (χ2v) is 18.3. The summed E-state index contributed by atoms with van der Waals surface area (Å²) >= 11 is 1.68. The first-order chi connectivity index (χ1) is 25.7. The molecule has 1 fully saturated rings. The maximum absolute atomic E-state index is 12.7. The fourth-order valence-electron chi connectivity index (χ4n) is 4.97. The zero-order valence-electron chi connectivity index (χ0n) is 29.9. The molecule has 0 aliphatic carbocycles. The molecule has 24 nitrogen and oxygen atoms in total. The fourth-order valence-corrected chi connectivity index (χ4v) is 8.66. The Labute approximate surface area is 319 Å². The summed E-state index contributed by atoms with van der Waals surface area (Å²) in [5.74, 6) is 0.328. The van der Waals surface area contributed by atoms with Crippen molar-refractivity contribution < 1.29 is 80.8 Å². The third-order valence-corrected chi connectivity index (χ3v) is 12.0. The van der Waals surface area contributed by atoms with Crippen LogP contribution in [-0.4, -0.2) is 135 Å². The zero-order valence-corrected chi connectivity index (χ0v) is 33.4. The van der Waals surface area contributed by atoms with E-state index in [0.717, 1.165) is 48.7 Å². The number of anilines is 1. The zero-order chi connectivity index (χ0) is 41.0. The quantitative estimate of drug-likeness (QED) is 0.0452. The lowest BCUT2D eigenvalue weighted by atomic mass is 9.87. The molecule has 1 aliphatic heterocycles. The Balaban J connectivity index is 1.47. The minimum absolute atomic E-state index is 0.0367. The third-order valence-electron chi connectivity index (χ3n) is 7.84.